The molecule has 0 radical (unpaired) electrons. The standard InChI is InChI=1S/C15H11ClF4N2O2/c16-9-2-1-3-11(8-9)22-14(23)21-10-4-6-12(7-5-10)24-15(19,20)13(17)18/h1-8,13H,(H2,21,22,23). The number of hydrogen-bond acceptors (Lipinski definition) is 2. The van der Waals surface area contributed by atoms with Crippen molar-refractivity contribution < 1.29 is 27.1 Å². The number of hydrogen-bond donors (Lipinski definition) is 2. The maximum absolute atomic E-state index is 12.8. The second-order valence-electron chi connectivity index (χ2n) is 4.58. The topological polar surface area (TPSA) is 50.4 Å². The first-order valence-electron chi connectivity index (χ1n) is 6.55. The Bertz CT molecular complexity index is 711. The van der Waals surface area contributed by atoms with E-state index < -0.39 is 24.3 Å². The highest BCUT2D eigenvalue weighted by Crippen LogP contribution is 2.28. The zero-order valence-corrected chi connectivity index (χ0v) is 12.7. The van der Waals surface area contributed by atoms with E-state index in [2.05, 4.69) is 15.4 Å². The Labute approximate surface area is 139 Å². The molecule has 0 bridgehead atoms. The van der Waals surface area contributed by atoms with Crippen LogP contribution < -0.4 is 15.4 Å². The molecule has 4 nitrogen and oxygen atoms in total. The fourth-order valence-electron chi connectivity index (χ4n) is 1.67. The van der Waals surface area contributed by atoms with Gasteiger partial charge in [0, 0.05) is 16.4 Å². The van der Waals surface area contributed by atoms with Crippen molar-refractivity contribution in [3.8, 4) is 5.75 Å². The van der Waals surface area contributed by atoms with Gasteiger partial charge >= 0.3 is 18.6 Å². The Hall–Kier alpha value is -2.48. The smallest absolute Gasteiger partial charge is 0.428 e. The fourth-order valence-corrected chi connectivity index (χ4v) is 1.86. The summed E-state index contributed by atoms with van der Waals surface area (Å²) in [5.41, 5.74) is 0.707. The van der Waals surface area contributed by atoms with Crippen molar-refractivity contribution in [2.75, 3.05) is 10.6 Å². The predicted molar refractivity (Wildman–Crippen MR) is 82.1 cm³/mol. The second kappa shape index (κ2) is 7.39. The van der Waals surface area contributed by atoms with Crippen molar-refractivity contribution in [1.82, 2.24) is 0 Å². The normalized spacial score (nSPS) is 11.2. The van der Waals surface area contributed by atoms with Crippen molar-refractivity contribution in [3.63, 3.8) is 0 Å². The molecule has 2 aromatic carbocycles. The molecular formula is C15H11ClF4N2O2. The third kappa shape index (κ3) is 5.02. The van der Waals surface area contributed by atoms with E-state index in [1.165, 1.54) is 18.2 Å². The molecule has 2 N–H and O–H groups in total. The van der Waals surface area contributed by atoms with Gasteiger partial charge in [-0.2, -0.15) is 17.6 Å². The molecule has 0 heterocycles. The van der Waals surface area contributed by atoms with Crippen LogP contribution in [0, 0.1) is 0 Å². The Morgan fingerprint density at radius 1 is 1.04 bits per heavy atom. The van der Waals surface area contributed by atoms with Crippen LogP contribution in [0.1, 0.15) is 0 Å². The van der Waals surface area contributed by atoms with Crippen LogP contribution in [0.15, 0.2) is 48.5 Å². The van der Waals surface area contributed by atoms with Gasteiger partial charge in [0.2, 0.25) is 0 Å². The minimum Gasteiger partial charge on any atom is -0.428 e. The van der Waals surface area contributed by atoms with Gasteiger partial charge in [0.1, 0.15) is 5.75 Å². The summed E-state index contributed by atoms with van der Waals surface area (Å²) in [6.07, 6.45) is -8.53. The minimum atomic E-state index is -4.58. The summed E-state index contributed by atoms with van der Waals surface area (Å²) in [6, 6.07) is 10.4. The number of halogens is 5. The van der Waals surface area contributed by atoms with Gasteiger partial charge in [-0.05, 0) is 42.5 Å². The molecule has 128 valence electrons. The quantitative estimate of drug-likeness (QED) is 0.716. The van der Waals surface area contributed by atoms with Gasteiger partial charge in [-0.25, -0.2) is 4.79 Å². The van der Waals surface area contributed by atoms with Gasteiger partial charge in [0.25, 0.3) is 0 Å². The second-order valence-corrected chi connectivity index (χ2v) is 5.01. The highest BCUT2D eigenvalue weighted by molar-refractivity contribution is 6.30. The molecule has 0 spiro atoms. The molecule has 2 aromatic rings. The molecule has 2 rings (SSSR count). The van der Waals surface area contributed by atoms with Crippen LogP contribution in [0.25, 0.3) is 0 Å². The zero-order chi connectivity index (χ0) is 17.7. The number of ether oxygens (including phenoxy) is 1. The number of alkyl halides is 4. The van der Waals surface area contributed by atoms with E-state index in [1.54, 1.807) is 18.2 Å². The van der Waals surface area contributed by atoms with Gasteiger partial charge in [-0.1, -0.05) is 17.7 Å². The molecule has 0 aromatic heterocycles. The predicted octanol–water partition coefficient (Wildman–Crippen LogP) is 5.22. The molecule has 0 saturated heterocycles. The van der Waals surface area contributed by atoms with Crippen LogP contribution in [0.5, 0.6) is 5.75 Å². The van der Waals surface area contributed by atoms with Crippen molar-refractivity contribution in [1.29, 1.82) is 0 Å². The molecule has 0 fully saturated rings. The van der Waals surface area contributed by atoms with Gasteiger partial charge in [0.05, 0.1) is 0 Å². The maximum atomic E-state index is 12.8. The first-order valence-corrected chi connectivity index (χ1v) is 6.93. The summed E-state index contributed by atoms with van der Waals surface area (Å²) in [4.78, 5) is 11.8. The number of carbonyl (C=O) groups is 1. The van der Waals surface area contributed by atoms with Crippen LogP contribution in [-0.2, 0) is 0 Å². The van der Waals surface area contributed by atoms with Crippen LogP contribution in [0.3, 0.4) is 0 Å². The van der Waals surface area contributed by atoms with E-state index in [4.69, 9.17) is 11.6 Å². The highest BCUT2D eigenvalue weighted by atomic mass is 35.5. The fraction of sp³-hybridized carbons (Fsp3) is 0.133. The van der Waals surface area contributed by atoms with E-state index in [0.717, 1.165) is 12.1 Å². The average Bonchev–Trinajstić information content (AvgIpc) is 2.48. The van der Waals surface area contributed by atoms with Gasteiger partial charge < -0.3 is 15.4 Å². The van der Waals surface area contributed by atoms with E-state index in [0.29, 0.717) is 10.7 Å². The molecule has 0 unspecified atom stereocenters. The van der Waals surface area contributed by atoms with Crippen molar-refractivity contribution in [3.05, 3.63) is 53.6 Å². The summed E-state index contributed by atoms with van der Waals surface area (Å²) in [6.45, 7) is 0. The Kier molecular flexibility index (Phi) is 5.50. The summed E-state index contributed by atoms with van der Waals surface area (Å²) < 4.78 is 53.5. The lowest BCUT2D eigenvalue weighted by molar-refractivity contribution is -0.253. The Balaban J connectivity index is 1.95. The molecule has 0 saturated carbocycles. The zero-order valence-electron chi connectivity index (χ0n) is 11.9. The number of carbonyl (C=O) groups excluding carboxylic acids is 1. The monoisotopic (exact) mass is 362 g/mol. The number of anilines is 2. The molecule has 9 heteroatoms. The molecule has 0 aliphatic heterocycles. The van der Waals surface area contributed by atoms with Crippen molar-refractivity contribution >= 4 is 29.0 Å². The Morgan fingerprint density at radius 3 is 2.25 bits per heavy atom. The van der Waals surface area contributed by atoms with E-state index in [-0.39, 0.29) is 5.69 Å². The number of urea groups is 1. The molecule has 0 aliphatic rings. The lowest BCUT2D eigenvalue weighted by Crippen LogP contribution is -2.33. The molecule has 0 aliphatic carbocycles. The minimum absolute atomic E-state index is 0.252. The lowest BCUT2D eigenvalue weighted by atomic mass is 10.3. The van der Waals surface area contributed by atoms with Gasteiger partial charge in [-0.15, -0.1) is 0 Å². The SMILES string of the molecule is O=C(Nc1ccc(OC(F)(F)C(F)F)cc1)Nc1cccc(Cl)c1. The van der Waals surface area contributed by atoms with E-state index in [1.807, 2.05) is 0 Å². The molecule has 0 atom stereocenters. The van der Waals surface area contributed by atoms with Crippen LogP contribution in [-0.4, -0.2) is 18.6 Å². The summed E-state index contributed by atoms with van der Waals surface area (Å²) in [7, 11) is 0. The molecule has 24 heavy (non-hydrogen) atoms. The average molecular weight is 363 g/mol. The number of benzene rings is 2. The summed E-state index contributed by atoms with van der Waals surface area (Å²) in [5, 5.41) is 5.39. The van der Waals surface area contributed by atoms with Gasteiger partial charge in [0.15, 0.2) is 0 Å². The van der Waals surface area contributed by atoms with E-state index >= 15 is 0 Å². The first kappa shape index (κ1) is 17.9. The lowest BCUT2D eigenvalue weighted by Gasteiger charge is -2.17. The highest BCUT2D eigenvalue weighted by Gasteiger charge is 2.43. The van der Waals surface area contributed by atoms with Crippen molar-refractivity contribution in [2.45, 2.75) is 12.5 Å². The summed E-state index contributed by atoms with van der Waals surface area (Å²) in [5.74, 6) is -0.457. The molecular weight excluding hydrogens is 352 g/mol. The van der Waals surface area contributed by atoms with Crippen molar-refractivity contribution in [2.24, 2.45) is 0 Å². The van der Waals surface area contributed by atoms with Crippen LogP contribution in [0.4, 0.5) is 33.7 Å². The number of amides is 2. The third-order valence-corrected chi connectivity index (χ3v) is 2.94. The van der Waals surface area contributed by atoms with Gasteiger partial charge in [-0.3, -0.25) is 0 Å². The molecule has 2 amide bonds. The third-order valence-electron chi connectivity index (χ3n) is 2.70. The summed E-state index contributed by atoms with van der Waals surface area (Å²) >= 11 is 5.78. The largest absolute Gasteiger partial charge is 0.461 e. The first-order chi connectivity index (χ1) is 11.3. The maximum Gasteiger partial charge on any atom is 0.461 e. The number of rotatable bonds is 5. The van der Waals surface area contributed by atoms with Crippen LogP contribution >= 0.6 is 11.6 Å². The number of nitrogens with one attached hydrogen (secondary N) is 2. The van der Waals surface area contributed by atoms with E-state index in [9.17, 15) is 22.4 Å². The Morgan fingerprint density at radius 2 is 1.67 bits per heavy atom. The van der Waals surface area contributed by atoms with Crippen LogP contribution in [0.2, 0.25) is 5.02 Å².